The molecule has 11 aromatic carbocycles. The molecule has 0 spiro atoms. The molecule has 6 heterocycles. The SMILES string of the molecule is C1=CCCC(n2c3c4c(ccc3c3ccc5c6ccccc6n(-c6nc(-c7ccccc7)nc(-c7ccccc7)n6)c5c32)C2C=Cc3c(n(-c5cccc(-c6cccc(-c7nc(-c8ccccc8)nc(-c8ccccc8)n7)c6)c5)c5ccccc35)C2N4c2ccccc2)=C1. The Morgan fingerprint density at radius 2 is 0.819 bits per heavy atom. The zero-order chi connectivity index (χ0) is 61.8. The molecule has 0 amide bonds. The fraction of sp³-hybridized carbons (Fsp3) is 0.0476. The number of aromatic nitrogens is 9. The van der Waals surface area contributed by atoms with E-state index < -0.39 is 0 Å². The van der Waals surface area contributed by atoms with Gasteiger partial charge in [-0.2, -0.15) is 9.97 Å². The standard InChI is InChI=1S/C84H56N10/c1-7-25-53(26-8-1)79-85-80(54-27-9-2-10-28-54)87-83(86-79)59-35-23-33-57(51-59)58-34-24-40-62(52-58)91-71-43-21-19-41-63(71)65-45-47-67-68-49-50-69-70-48-46-66-64-42-20-22-44-72(64)94(84-89-81(55-29-11-3-12-30-55)88-82(90-84)56-31-13-4-14-32-56)78(66)77(70)93(61-38-17-6-18-39-61)76(69)75(68)92(74(67)73(65)91)60-36-15-5-16-37-60/h1-17,19-38,40-52,67,74H,18,39H2. The molecule has 0 saturated heterocycles. The van der Waals surface area contributed by atoms with Gasteiger partial charge in [0.25, 0.3) is 0 Å². The monoisotopic (exact) mass is 1200 g/mol. The summed E-state index contributed by atoms with van der Waals surface area (Å²) in [6, 6.07) is 96.6. The quantitative estimate of drug-likeness (QED) is 0.135. The third kappa shape index (κ3) is 8.50. The van der Waals surface area contributed by atoms with Gasteiger partial charge in [0.15, 0.2) is 29.1 Å². The second-order valence-electron chi connectivity index (χ2n) is 24.4. The number of anilines is 2. The van der Waals surface area contributed by atoms with Crippen LogP contribution in [0.15, 0.2) is 297 Å². The van der Waals surface area contributed by atoms with Crippen LogP contribution in [-0.2, 0) is 0 Å². The van der Waals surface area contributed by atoms with E-state index in [-0.39, 0.29) is 12.0 Å². The maximum absolute atomic E-state index is 5.45. The van der Waals surface area contributed by atoms with Gasteiger partial charge in [-0.05, 0) is 78.1 Å². The smallest absolute Gasteiger partial charge is 0.238 e. The van der Waals surface area contributed by atoms with E-state index in [2.05, 4.69) is 249 Å². The minimum atomic E-state index is -0.153. The number of nitrogens with zero attached hydrogens (tertiary/aromatic N) is 10. The first-order valence-corrected chi connectivity index (χ1v) is 32.2. The van der Waals surface area contributed by atoms with Gasteiger partial charge in [-0.15, -0.1) is 0 Å². The summed E-state index contributed by atoms with van der Waals surface area (Å²) in [4.78, 5) is 34.0. The van der Waals surface area contributed by atoms with Gasteiger partial charge in [-0.1, -0.05) is 255 Å². The van der Waals surface area contributed by atoms with Gasteiger partial charge in [0.05, 0.1) is 45.0 Å². The van der Waals surface area contributed by atoms with Gasteiger partial charge in [0.1, 0.15) is 0 Å². The van der Waals surface area contributed by atoms with Crippen molar-refractivity contribution in [2.24, 2.45) is 0 Å². The molecular formula is C84H56N10. The number of hydrogen-bond acceptors (Lipinski definition) is 7. The van der Waals surface area contributed by atoms with E-state index in [1.807, 2.05) is 72.8 Å². The van der Waals surface area contributed by atoms with Crippen molar-refractivity contribution >= 4 is 77.7 Å². The first kappa shape index (κ1) is 53.4. The highest BCUT2D eigenvalue weighted by atomic mass is 15.3. The van der Waals surface area contributed by atoms with Gasteiger partial charge in [-0.25, -0.2) is 19.9 Å². The molecule has 0 bridgehead atoms. The molecule has 10 heteroatoms. The maximum Gasteiger partial charge on any atom is 0.238 e. The van der Waals surface area contributed by atoms with Crippen molar-refractivity contribution in [2.45, 2.75) is 24.8 Å². The molecule has 2 unspecified atom stereocenters. The fourth-order valence-electron chi connectivity index (χ4n) is 15.0. The first-order chi connectivity index (χ1) is 46.6. The van der Waals surface area contributed by atoms with Crippen LogP contribution >= 0.6 is 0 Å². The number of fused-ring (bicyclic) bond motifs is 15. The van der Waals surface area contributed by atoms with E-state index in [0.717, 1.165) is 101 Å². The number of benzene rings is 11. The second-order valence-corrected chi connectivity index (χ2v) is 24.4. The summed E-state index contributed by atoms with van der Waals surface area (Å²) in [5.41, 5.74) is 20.6. The maximum atomic E-state index is 5.45. The molecule has 0 saturated carbocycles. The van der Waals surface area contributed by atoms with E-state index in [0.29, 0.717) is 35.1 Å². The van der Waals surface area contributed by atoms with Crippen LogP contribution in [0.5, 0.6) is 0 Å². The van der Waals surface area contributed by atoms with Crippen LogP contribution in [-0.4, -0.2) is 43.6 Å². The number of rotatable bonds is 10. The Hall–Kier alpha value is -12.4. The number of para-hydroxylation sites is 3. The van der Waals surface area contributed by atoms with Crippen LogP contribution < -0.4 is 4.90 Å². The largest absolute Gasteiger partial charge is 0.329 e. The van der Waals surface area contributed by atoms with Crippen LogP contribution in [0.4, 0.5) is 11.4 Å². The summed E-state index contributed by atoms with van der Waals surface area (Å²) < 4.78 is 7.48. The normalized spacial score (nSPS) is 14.9. The molecule has 10 nitrogen and oxygen atoms in total. The van der Waals surface area contributed by atoms with Crippen molar-refractivity contribution in [3.05, 3.63) is 314 Å². The molecule has 442 valence electrons. The van der Waals surface area contributed by atoms with E-state index in [9.17, 15) is 0 Å². The van der Waals surface area contributed by atoms with E-state index in [1.54, 1.807) is 0 Å². The number of allylic oxidation sites excluding steroid dienone is 4. The van der Waals surface area contributed by atoms with Crippen molar-refractivity contribution < 1.29 is 0 Å². The molecule has 2 aliphatic carbocycles. The second kappa shape index (κ2) is 21.6. The molecule has 0 N–H and O–H groups in total. The molecule has 16 aromatic rings. The summed E-state index contributed by atoms with van der Waals surface area (Å²) in [7, 11) is 0. The minimum absolute atomic E-state index is 0.0202. The Morgan fingerprint density at radius 1 is 0.351 bits per heavy atom. The van der Waals surface area contributed by atoms with Gasteiger partial charge >= 0.3 is 0 Å². The molecule has 2 atom stereocenters. The molecule has 3 aliphatic rings. The summed E-state index contributed by atoms with van der Waals surface area (Å²) in [5, 5.41) is 5.79. The average molecular weight is 1210 g/mol. The lowest BCUT2D eigenvalue weighted by atomic mass is 9.85. The van der Waals surface area contributed by atoms with Crippen molar-refractivity contribution in [2.75, 3.05) is 4.90 Å². The fourth-order valence-corrected chi connectivity index (χ4v) is 15.0. The van der Waals surface area contributed by atoms with Crippen molar-refractivity contribution in [3.8, 4) is 79.7 Å². The zero-order valence-electron chi connectivity index (χ0n) is 50.9. The van der Waals surface area contributed by atoms with E-state index in [4.69, 9.17) is 29.9 Å². The van der Waals surface area contributed by atoms with Crippen LogP contribution in [0, 0.1) is 0 Å². The third-order valence-corrected chi connectivity index (χ3v) is 19.1. The lowest BCUT2D eigenvalue weighted by molar-refractivity contribution is 0.636. The molecule has 0 radical (unpaired) electrons. The van der Waals surface area contributed by atoms with Crippen LogP contribution in [0.1, 0.15) is 41.6 Å². The van der Waals surface area contributed by atoms with Crippen molar-refractivity contribution in [3.63, 3.8) is 0 Å². The zero-order valence-corrected chi connectivity index (χ0v) is 50.9. The number of hydrogen-bond donors (Lipinski definition) is 0. The Kier molecular flexibility index (Phi) is 12.3. The lowest BCUT2D eigenvalue weighted by Gasteiger charge is -2.34. The van der Waals surface area contributed by atoms with Gasteiger partial charge in [-0.3, -0.25) is 4.57 Å². The van der Waals surface area contributed by atoms with Crippen LogP contribution in [0.3, 0.4) is 0 Å². The van der Waals surface area contributed by atoms with E-state index >= 15 is 0 Å². The predicted octanol–water partition coefficient (Wildman–Crippen LogP) is 20.4. The van der Waals surface area contributed by atoms with Gasteiger partial charge in [0.2, 0.25) is 5.95 Å². The Balaban J connectivity index is 0.825. The first-order valence-electron chi connectivity index (χ1n) is 32.2. The Labute approximate surface area is 541 Å². The predicted molar refractivity (Wildman–Crippen MR) is 382 cm³/mol. The highest BCUT2D eigenvalue weighted by Crippen LogP contribution is 2.61. The average Bonchev–Trinajstić information content (AvgIpc) is 1.52. The molecule has 19 rings (SSSR count). The summed E-state index contributed by atoms with van der Waals surface area (Å²) in [5.74, 6) is 3.63. The Morgan fingerprint density at radius 3 is 1.44 bits per heavy atom. The van der Waals surface area contributed by atoms with Crippen molar-refractivity contribution in [1.29, 1.82) is 0 Å². The van der Waals surface area contributed by atoms with E-state index in [1.165, 1.54) is 44.5 Å². The summed E-state index contributed by atoms with van der Waals surface area (Å²) in [6.07, 6.45) is 13.5. The highest BCUT2D eigenvalue weighted by Gasteiger charge is 2.46. The molecule has 0 fully saturated rings. The minimum Gasteiger partial charge on any atom is -0.329 e. The highest BCUT2D eigenvalue weighted by molar-refractivity contribution is 6.26. The molecule has 5 aromatic heterocycles. The van der Waals surface area contributed by atoms with Crippen LogP contribution in [0.2, 0.25) is 0 Å². The van der Waals surface area contributed by atoms with Crippen LogP contribution in [0.25, 0.3) is 146 Å². The summed E-state index contributed by atoms with van der Waals surface area (Å²) in [6.45, 7) is 0. The Bertz CT molecular complexity index is 5690. The van der Waals surface area contributed by atoms with Gasteiger partial charge in [0, 0.05) is 83.3 Å². The lowest BCUT2D eigenvalue weighted by Crippen LogP contribution is -2.26. The van der Waals surface area contributed by atoms with Crippen molar-refractivity contribution in [1.82, 2.24) is 43.6 Å². The summed E-state index contributed by atoms with van der Waals surface area (Å²) >= 11 is 0. The molecule has 94 heavy (non-hydrogen) atoms. The molecule has 1 aliphatic heterocycles. The topological polar surface area (TPSA) is 95.4 Å². The molecular weight excluding hydrogens is 1150 g/mol. The third-order valence-electron chi connectivity index (χ3n) is 19.1. The van der Waals surface area contributed by atoms with Gasteiger partial charge < -0.3 is 14.0 Å².